The van der Waals surface area contributed by atoms with E-state index in [-0.39, 0.29) is 53.9 Å². The second-order valence-corrected chi connectivity index (χ2v) is 15.7. The van der Waals surface area contributed by atoms with Crippen molar-refractivity contribution in [2.45, 2.75) is 65.3 Å². The van der Waals surface area contributed by atoms with Gasteiger partial charge in [-0.2, -0.15) is 0 Å². The van der Waals surface area contributed by atoms with Gasteiger partial charge in [0, 0.05) is 30.2 Å². The van der Waals surface area contributed by atoms with Gasteiger partial charge in [-0.3, -0.25) is 0 Å². The second kappa shape index (κ2) is 14.3. The van der Waals surface area contributed by atoms with E-state index >= 15 is 0 Å². The molecule has 1 saturated carbocycles. The summed E-state index contributed by atoms with van der Waals surface area (Å²) in [5.41, 5.74) is 7.58. The first kappa shape index (κ1) is 35.3. The topological polar surface area (TPSA) is 105 Å². The van der Waals surface area contributed by atoms with E-state index in [9.17, 15) is 19.8 Å². The molecule has 3 N–H and O–H groups in total. The molecule has 3 aromatic carbocycles. The zero-order chi connectivity index (χ0) is 36.9. The van der Waals surface area contributed by atoms with Crippen molar-refractivity contribution in [3.63, 3.8) is 0 Å². The molecule has 6 aliphatic rings. The first-order valence-corrected chi connectivity index (χ1v) is 19.3. The van der Waals surface area contributed by atoms with Crippen molar-refractivity contribution in [3.8, 4) is 16.9 Å². The van der Waals surface area contributed by atoms with Crippen LogP contribution in [-0.4, -0.2) is 35.8 Å². The van der Waals surface area contributed by atoms with Crippen LogP contribution in [0.2, 0.25) is 0 Å². The number of fused-ring (bicyclic) bond motifs is 1. The Morgan fingerprint density at radius 3 is 2.53 bits per heavy atom. The fourth-order valence-electron chi connectivity index (χ4n) is 10.1. The lowest BCUT2D eigenvalue weighted by Crippen LogP contribution is -2.52. The van der Waals surface area contributed by atoms with Gasteiger partial charge in [-0.05, 0) is 139 Å². The number of aromatic hydroxyl groups is 1. The molecule has 1 saturated heterocycles. The Labute approximate surface area is 312 Å². The fraction of sp³-hybridized carbons (Fsp3) is 0.391. The molecule has 2 fully saturated rings. The summed E-state index contributed by atoms with van der Waals surface area (Å²) < 4.78 is 12.6. The summed E-state index contributed by atoms with van der Waals surface area (Å²) in [6, 6.07) is 24.3. The fourth-order valence-corrected chi connectivity index (χ4v) is 10.1. The third-order valence-corrected chi connectivity index (χ3v) is 12.5. The largest absolute Gasteiger partial charge is 0.508 e. The minimum absolute atomic E-state index is 0.0135. The van der Waals surface area contributed by atoms with Crippen molar-refractivity contribution in [3.05, 3.63) is 130 Å². The Bertz CT molecular complexity index is 2070. The lowest BCUT2D eigenvalue weighted by atomic mass is 9.44. The molecule has 0 amide bonds. The number of aliphatic hydroxyl groups excluding tert-OH is 1. The smallest absolute Gasteiger partial charge is 0.340 e. The highest BCUT2D eigenvalue weighted by molar-refractivity contribution is 6.07. The summed E-state index contributed by atoms with van der Waals surface area (Å²) in [5.74, 6) is 0.684. The van der Waals surface area contributed by atoms with Crippen molar-refractivity contribution < 1.29 is 29.3 Å². The number of aliphatic hydroxyl groups is 1. The number of allylic oxidation sites excluding steroid dienone is 5. The summed E-state index contributed by atoms with van der Waals surface area (Å²) in [6.07, 6.45) is 9.50. The highest BCUT2D eigenvalue weighted by atomic mass is 16.5. The molecule has 53 heavy (non-hydrogen) atoms. The van der Waals surface area contributed by atoms with Crippen molar-refractivity contribution in [2.75, 3.05) is 13.7 Å². The van der Waals surface area contributed by atoms with Crippen LogP contribution in [0.3, 0.4) is 0 Å². The predicted molar refractivity (Wildman–Crippen MR) is 205 cm³/mol. The Morgan fingerprint density at radius 2 is 1.75 bits per heavy atom. The molecular weight excluding hydrogens is 663 g/mol. The maximum absolute atomic E-state index is 14.7. The molecule has 7 heteroatoms. The SMILES string of the molecule is CC[C@H](C=C1OC(=O)C2=C(c3cc(O)ccc3-c3cccc(CNC)c3)[C@@H]3CC[C@]12[C@H]1C2=C(CC[C@H]31)C(=CC[C@H](C)CO)OC2=O)Cc1ccccc1. The van der Waals surface area contributed by atoms with E-state index in [2.05, 4.69) is 66.8 Å². The van der Waals surface area contributed by atoms with E-state index in [1.807, 2.05) is 38.2 Å². The standard InChI is InChI=1S/C46H49NO6/c1-4-28(21-29-9-6-5-7-10-29)23-39-46-20-19-34(35-16-17-36-38(18-13-27(2)26-48)52-44(50)41(36)42(35)46)40(43(46)45(51)53-39)37-24-32(49)14-15-33(37)31-12-8-11-30(22-31)25-47-3/h5-12,14-15,18,22-24,27-28,34-35,42,47-49H,4,13,16-17,19-21,25-26H2,1-3H3/t27-,28-,34+,35+,42+,46+/m0/s1. The molecule has 7 nitrogen and oxygen atoms in total. The van der Waals surface area contributed by atoms with Crippen LogP contribution in [0.15, 0.2) is 113 Å². The van der Waals surface area contributed by atoms with Gasteiger partial charge in [-0.1, -0.05) is 68.4 Å². The Kier molecular flexibility index (Phi) is 9.50. The first-order chi connectivity index (χ1) is 25.8. The van der Waals surface area contributed by atoms with Gasteiger partial charge in [0.25, 0.3) is 0 Å². The lowest BCUT2D eigenvalue weighted by Gasteiger charge is -2.56. The molecule has 0 aromatic heterocycles. The Morgan fingerprint density at radius 1 is 0.943 bits per heavy atom. The molecule has 3 aromatic rings. The maximum atomic E-state index is 14.7. The van der Waals surface area contributed by atoms with E-state index in [1.54, 1.807) is 6.07 Å². The highest BCUT2D eigenvalue weighted by Crippen LogP contribution is 2.72. The van der Waals surface area contributed by atoms with Gasteiger partial charge in [-0.15, -0.1) is 0 Å². The number of ether oxygens (including phenoxy) is 2. The van der Waals surface area contributed by atoms with Crippen LogP contribution in [0.5, 0.6) is 5.75 Å². The second-order valence-electron chi connectivity index (χ2n) is 15.7. The van der Waals surface area contributed by atoms with Crippen LogP contribution in [0.25, 0.3) is 16.7 Å². The Balaban J connectivity index is 1.35. The number of phenols is 1. The summed E-state index contributed by atoms with van der Waals surface area (Å²) in [6.45, 7) is 4.92. The van der Waals surface area contributed by atoms with Gasteiger partial charge in [0.05, 0.1) is 11.0 Å². The number of carbonyl (C=O) groups excluding carboxylic acids is 2. The quantitative estimate of drug-likeness (QED) is 0.172. The average molecular weight is 712 g/mol. The molecule has 2 bridgehead atoms. The van der Waals surface area contributed by atoms with E-state index in [4.69, 9.17) is 9.47 Å². The number of esters is 2. The summed E-state index contributed by atoms with van der Waals surface area (Å²) in [5, 5.41) is 24.0. The van der Waals surface area contributed by atoms with E-state index < -0.39 is 5.41 Å². The minimum Gasteiger partial charge on any atom is -0.508 e. The third kappa shape index (κ3) is 5.98. The van der Waals surface area contributed by atoms with Gasteiger partial charge in [0.15, 0.2) is 0 Å². The molecule has 4 aliphatic carbocycles. The van der Waals surface area contributed by atoms with Crippen LogP contribution in [0.1, 0.15) is 69.1 Å². The number of hydrogen-bond acceptors (Lipinski definition) is 7. The van der Waals surface area contributed by atoms with E-state index in [0.717, 1.165) is 65.6 Å². The molecule has 274 valence electrons. The molecular formula is C46H49NO6. The Hall–Kier alpha value is -4.72. The van der Waals surface area contributed by atoms with E-state index in [0.29, 0.717) is 41.9 Å². The molecule has 1 spiro atoms. The average Bonchev–Trinajstić information content (AvgIpc) is 3.66. The van der Waals surface area contributed by atoms with Crippen molar-refractivity contribution in [1.82, 2.24) is 5.32 Å². The predicted octanol–water partition coefficient (Wildman–Crippen LogP) is 8.43. The van der Waals surface area contributed by atoms with Gasteiger partial charge in [0.1, 0.15) is 17.3 Å². The van der Waals surface area contributed by atoms with Crippen LogP contribution < -0.4 is 5.32 Å². The number of hydrogen-bond donors (Lipinski definition) is 3. The number of rotatable bonds is 11. The number of phenolic OH excluding ortho intramolecular Hbond substituents is 1. The van der Waals surface area contributed by atoms with Crippen molar-refractivity contribution in [1.29, 1.82) is 0 Å². The molecule has 2 aliphatic heterocycles. The lowest BCUT2D eigenvalue weighted by molar-refractivity contribution is -0.135. The van der Waals surface area contributed by atoms with Crippen LogP contribution >= 0.6 is 0 Å². The number of benzene rings is 3. The molecule has 2 heterocycles. The first-order valence-electron chi connectivity index (χ1n) is 19.3. The zero-order valence-electron chi connectivity index (χ0n) is 30.9. The van der Waals surface area contributed by atoms with Crippen LogP contribution in [-0.2, 0) is 32.0 Å². The van der Waals surface area contributed by atoms with Crippen LogP contribution in [0.4, 0.5) is 0 Å². The van der Waals surface area contributed by atoms with Gasteiger partial charge in [-0.25, -0.2) is 9.59 Å². The third-order valence-electron chi connectivity index (χ3n) is 12.5. The molecule has 9 rings (SSSR count). The van der Waals surface area contributed by atoms with E-state index in [1.165, 1.54) is 5.56 Å². The van der Waals surface area contributed by atoms with Crippen molar-refractivity contribution in [2.24, 2.45) is 35.0 Å². The zero-order valence-corrected chi connectivity index (χ0v) is 30.9. The van der Waals surface area contributed by atoms with Crippen LogP contribution in [0, 0.1) is 35.0 Å². The number of nitrogens with one attached hydrogen (secondary N) is 1. The normalized spacial score (nSPS) is 27.1. The highest BCUT2D eigenvalue weighted by Gasteiger charge is 2.68. The van der Waals surface area contributed by atoms with Gasteiger partial charge >= 0.3 is 11.9 Å². The minimum atomic E-state index is -0.847. The number of carbonyl (C=O) groups is 2. The van der Waals surface area contributed by atoms with Crippen molar-refractivity contribution >= 4 is 17.5 Å². The molecule has 0 radical (unpaired) electrons. The van der Waals surface area contributed by atoms with Gasteiger partial charge in [0.2, 0.25) is 0 Å². The maximum Gasteiger partial charge on any atom is 0.340 e. The monoisotopic (exact) mass is 711 g/mol. The summed E-state index contributed by atoms with van der Waals surface area (Å²) in [4.78, 5) is 28.8. The summed E-state index contributed by atoms with van der Waals surface area (Å²) in [7, 11) is 1.93. The molecule has 6 atom stereocenters. The summed E-state index contributed by atoms with van der Waals surface area (Å²) >= 11 is 0. The van der Waals surface area contributed by atoms with Gasteiger partial charge < -0.3 is 25.0 Å². The number of cyclic esters (lactones) is 2. The molecule has 0 unspecified atom stereocenters.